The first-order chi connectivity index (χ1) is 29.6. The van der Waals surface area contributed by atoms with Crippen molar-refractivity contribution >= 4 is 45.2 Å². The topological polar surface area (TPSA) is 210 Å². The van der Waals surface area contributed by atoms with Gasteiger partial charge in [0.2, 0.25) is 23.6 Å². The zero-order valence-corrected chi connectivity index (χ0v) is 40.1. The summed E-state index contributed by atoms with van der Waals surface area (Å²) in [5.74, 6) is -3.41. The fourth-order valence-corrected chi connectivity index (χ4v) is 9.70. The van der Waals surface area contributed by atoms with Gasteiger partial charge in [-0.25, -0.2) is 13.1 Å². The average molecular weight is 900 g/mol. The molecular formula is C46H73N7O9S. The first-order valence-corrected chi connectivity index (χ1v) is 23.4. The maximum atomic E-state index is 14.4. The van der Waals surface area contributed by atoms with Gasteiger partial charge in [0.05, 0.1) is 47.6 Å². The van der Waals surface area contributed by atoms with Crippen LogP contribution in [0.3, 0.4) is 0 Å². The number of ether oxygens (including phenoxy) is 2. The van der Waals surface area contributed by atoms with E-state index in [2.05, 4.69) is 15.4 Å². The highest BCUT2D eigenvalue weighted by molar-refractivity contribution is 7.90. The van der Waals surface area contributed by atoms with Gasteiger partial charge in [0.25, 0.3) is 15.9 Å². The Morgan fingerprint density at radius 1 is 0.841 bits per heavy atom. The number of rotatable bonds is 23. The summed E-state index contributed by atoms with van der Waals surface area (Å²) in [7, 11) is 4.05. The molecule has 0 aliphatic carbocycles. The lowest BCUT2D eigenvalue weighted by Crippen LogP contribution is -2.59. The number of nitrogens with zero attached hydrogens (tertiary/aromatic N) is 3. The van der Waals surface area contributed by atoms with Gasteiger partial charge in [0, 0.05) is 39.9 Å². The highest BCUT2D eigenvalue weighted by Gasteiger charge is 2.43. The summed E-state index contributed by atoms with van der Waals surface area (Å²) >= 11 is 0. The lowest BCUT2D eigenvalue weighted by Gasteiger charge is -2.41. The number of carbonyl (C=O) groups is 5. The van der Waals surface area contributed by atoms with Crippen molar-refractivity contribution in [1.82, 2.24) is 30.1 Å². The second-order valence-electron chi connectivity index (χ2n) is 17.8. The van der Waals surface area contributed by atoms with Gasteiger partial charge >= 0.3 is 0 Å². The van der Waals surface area contributed by atoms with E-state index in [0.717, 1.165) is 0 Å². The first kappa shape index (κ1) is 52.8. The van der Waals surface area contributed by atoms with Crippen molar-refractivity contribution in [1.29, 1.82) is 0 Å². The standard InChI is InChI=1S/C46H73N7O9S/c1-13-30(6)41(52(10)46(58)39(28(2)3)49-45(57)40(29(4)5)51(8)9)37(61-11)27-38(54)53-25-17-20-36(53)42(62-12)31(7)43(55)48-35(26-32-18-15-14-16-19-32)44(56)50-63(59,60)34-23-21-33(47)22-24-34/h14-16,18-19,21-24,28-31,35-37,39-42H,13,17,20,25-27,47H2,1-12H3,(H,48,55)(H,49,57)(H,50,56)/t30-,31+,35-,36-,37+,39-,40-,41?,42+/m0/s1. The summed E-state index contributed by atoms with van der Waals surface area (Å²) in [6, 6.07) is 10.7. The molecule has 0 saturated carbocycles. The zero-order valence-electron chi connectivity index (χ0n) is 39.3. The lowest BCUT2D eigenvalue weighted by atomic mass is 9.89. The van der Waals surface area contributed by atoms with Gasteiger partial charge in [-0.15, -0.1) is 0 Å². The number of likely N-dealkylation sites (N-methyl/N-ethyl adjacent to an activating group) is 2. The van der Waals surface area contributed by atoms with E-state index in [1.165, 1.54) is 38.5 Å². The van der Waals surface area contributed by atoms with Crippen molar-refractivity contribution < 1.29 is 41.9 Å². The molecule has 16 nitrogen and oxygen atoms in total. The molecule has 5 amide bonds. The maximum Gasteiger partial charge on any atom is 0.264 e. The molecule has 1 heterocycles. The predicted octanol–water partition coefficient (Wildman–Crippen LogP) is 3.45. The number of amides is 5. The monoisotopic (exact) mass is 900 g/mol. The molecule has 1 fully saturated rings. The molecule has 1 aliphatic rings. The Labute approximate surface area is 375 Å². The number of sulfonamides is 1. The van der Waals surface area contributed by atoms with Gasteiger partial charge in [-0.3, -0.25) is 28.9 Å². The Kier molecular flexibility index (Phi) is 20.0. The van der Waals surface area contributed by atoms with E-state index in [9.17, 15) is 32.4 Å². The summed E-state index contributed by atoms with van der Waals surface area (Å²) < 4.78 is 40.5. The molecule has 63 heavy (non-hydrogen) atoms. The lowest BCUT2D eigenvalue weighted by molar-refractivity contribution is -0.148. The molecule has 2 aromatic carbocycles. The number of benzene rings is 2. The molecule has 1 aliphatic heterocycles. The van der Waals surface area contributed by atoms with Crippen molar-refractivity contribution in [2.45, 2.75) is 128 Å². The van der Waals surface area contributed by atoms with E-state index >= 15 is 0 Å². The predicted molar refractivity (Wildman–Crippen MR) is 243 cm³/mol. The number of nitrogens with one attached hydrogen (secondary N) is 3. The number of likely N-dealkylation sites (tertiary alicyclic amines) is 1. The summed E-state index contributed by atoms with van der Waals surface area (Å²) in [4.78, 5) is 74.9. The van der Waals surface area contributed by atoms with E-state index in [1.807, 2.05) is 60.5 Å². The van der Waals surface area contributed by atoms with Crippen LogP contribution < -0.4 is 21.1 Å². The summed E-state index contributed by atoms with van der Waals surface area (Å²) in [6.07, 6.45) is 0.315. The van der Waals surface area contributed by atoms with Gasteiger partial charge in [-0.05, 0) is 74.5 Å². The third-order valence-electron chi connectivity index (χ3n) is 12.3. The van der Waals surface area contributed by atoms with Crippen LogP contribution in [0.1, 0.15) is 79.7 Å². The molecule has 0 bridgehead atoms. The fraction of sp³-hybridized carbons (Fsp3) is 0.630. The molecule has 2 aromatic rings. The number of nitrogens with two attached hydrogens (primary N) is 1. The van der Waals surface area contributed by atoms with Gasteiger partial charge in [0.15, 0.2) is 0 Å². The minimum Gasteiger partial charge on any atom is -0.399 e. The first-order valence-electron chi connectivity index (χ1n) is 21.9. The molecule has 0 radical (unpaired) electrons. The van der Waals surface area contributed by atoms with Gasteiger partial charge in [0.1, 0.15) is 12.1 Å². The molecular weight excluding hydrogens is 827 g/mol. The second-order valence-corrected chi connectivity index (χ2v) is 19.4. The Bertz CT molecular complexity index is 1920. The van der Waals surface area contributed by atoms with Gasteiger partial charge in [-0.2, -0.15) is 0 Å². The quantitative estimate of drug-likeness (QED) is 0.119. The van der Waals surface area contributed by atoms with Crippen molar-refractivity contribution in [2.24, 2.45) is 23.7 Å². The van der Waals surface area contributed by atoms with Crippen molar-refractivity contribution in [3.8, 4) is 0 Å². The SMILES string of the molecule is CC[C@H](C)C([C@@H](CC(=O)N1CCC[C@H]1[C@H](OC)[C@@H](C)C(=O)N[C@@H](Cc1ccccc1)C(=O)NS(=O)(=O)c1ccc(N)cc1)OC)N(C)C(=O)[C@@H](NC(=O)[C@H](C(C)C)N(C)C)C(C)C. The molecule has 9 atom stereocenters. The van der Waals surface area contributed by atoms with Crippen LogP contribution in [0.2, 0.25) is 0 Å². The Morgan fingerprint density at radius 2 is 1.46 bits per heavy atom. The zero-order chi connectivity index (χ0) is 47.3. The number of hydrogen-bond acceptors (Lipinski definition) is 11. The molecule has 1 saturated heterocycles. The Morgan fingerprint density at radius 3 is 1.98 bits per heavy atom. The second kappa shape index (κ2) is 23.9. The van der Waals surface area contributed by atoms with E-state index in [-0.39, 0.29) is 53.2 Å². The van der Waals surface area contributed by atoms with Crippen LogP contribution in [0.5, 0.6) is 0 Å². The highest BCUT2D eigenvalue weighted by atomic mass is 32.2. The van der Waals surface area contributed by atoms with E-state index < -0.39 is 70.2 Å². The van der Waals surface area contributed by atoms with E-state index in [4.69, 9.17) is 15.2 Å². The number of methoxy groups -OCH3 is 2. The van der Waals surface area contributed by atoms with Gasteiger partial charge < -0.3 is 35.6 Å². The Hall–Kier alpha value is -4.58. The van der Waals surface area contributed by atoms with Crippen LogP contribution in [-0.4, -0.2) is 137 Å². The minimum absolute atomic E-state index is 0.000380. The highest BCUT2D eigenvalue weighted by Crippen LogP contribution is 2.30. The third-order valence-corrected chi connectivity index (χ3v) is 13.6. The van der Waals surface area contributed by atoms with Gasteiger partial charge in [-0.1, -0.05) is 85.2 Å². The smallest absolute Gasteiger partial charge is 0.264 e. The normalized spacial score (nSPS) is 18.2. The number of nitrogen functional groups attached to an aromatic ring is 1. The van der Waals surface area contributed by atoms with Crippen LogP contribution in [0, 0.1) is 23.7 Å². The molecule has 1 unspecified atom stereocenters. The third kappa shape index (κ3) is 14.0. The van der Waals surface area contributed by atoms with E-state index in [0.29, 0.717) is 37.1 Å². The van der Waals surface area contributed by atoms with Crippen LogP contribution in [-0.2, 0) is 49.9 Å². The number of hydrogen-bond donors (Lipinski definition) is 4. The number of carbonyl (C=O) groups excluding carboxylic acids is 5. The Balaban J connectivity index is 1.83. The minimum atomic E-state index is -4.30. The molecule has 3 rings (SSSR count). The molecule has 352 valence electrons. The fourth-order valence-electron chi connectivity index (χ4n) is 8.68. The van der Waals surface area contributed by atoms with Crippen molar-refractivity contribution in [3.05, 3.63) is 60.2 Å². The van der Waals surface area contributed by atoms with Crippen molar-refractivity contribution in [3.63, 3.8) is 0 Å². The van der Waals surface area contributed by atoms with E-state index in [1.54, 1.807) is 54.1 Å². The molecule has 17 heteroatoms. The van der Waals surface area contributed by atoms with Crippen LogP contribution in [0.15, 0.2) is 59.5 Å². The van der Waals surface area contributed by atoms with Crippen molar-refractivity contribution in [2.75, 3.05) is 47.6 Å². The largest absolute Gasteiger partial charge is 0.399 e. The molecule has 5 N–H and O–H groups in total. The molecule has 0 spiro atoms. The summed E-state index contributed by atoms with van der Waals surface area (Å²) in [5, 5.41) is 5.79. The molecule has 0 aromatic heterocycles. The average Bonchev–Trinajstić information content (AvgIpc) is 3.71. The van der Waals surface area contributed by atoms with Crippen LogP contribution >= 0.6 is 0 Å². The summed E-state index contributed by atoms with van der Waals surface area (Å²) in [5.41, 5.74) is 6.77. The van der Waals surface area contributed by atoms with Crippen LogP contribution in [0.25, 0.3) is 0 Å². The number of anilines is 1. The summed E-state index contributed by atoms with van der Waals surface area (Å²) in [6.45, 7) is 13.8. The maximum absolute atomic E-state index is 14.4. The van der Waals surface area contributed by atoms with Crippen LogP contribution in [0.4, 0.5) is 5.69 Å².